The van der Waals surface area contributed by atoms with Gasteiger partial charge in [-0.3, -0.25) is 4.79 Å². The van der Waals surface area contributed by atoms with Crippen molar-refractivity contribution >= 4 is 27.5 Å². The number of anilines is 1. The van der Waals surface area contributed by atoms with E-state index in [9.17, 15) is 4.79 Å². The third kappa shape index (κ3) is 4.10. The molecule has 0 saturated carbocycles. The van der Waals surface area contributed by atoms with Gasteiger partial charge in [-0.25, -0.2) is 0 Å². The van der Waals surface area contributed by atoms with E-state index in [0.717, 1.165) is 16.7 Å². The van der Waals surface area contributed by atoms with Crippen LogP contribution in [0.15, 0.2) is 59.1 Å². The number of hydrogen-bond acceptors (Lipinski definition) is 2. The van der Waals surface area contributed by atoms with Gasteiger partial charge in [0.2, 0.25) is 0 Å². The zero-order chi connectivity index (χ0) is 14.4. The third-order valence-electron chi connectivity index (χ3n) is 3.02. The molecule has 0 aliphatic heterocycles. The highest BCUT2D eigenvalue weighted by atomic mass is 79.9. The molecule has 0 bridgehead atoms. The zero-order valence-electron chi connectivity index (χ0n) is 11.3. The summed E-state index contributed by atoms with van der Waals surface area (Å²) >= 11 is 3.36. The minimum Gasteiger partial charge on any atom is -0.373 e. The fourth-order valence-electron chi connectivity index (χ4n) is 1.88. The van der Waals surface area contributed by atoms with Gasteiger partial charge in [0.15, 0.2) is 0 Å². The summed E-state index contributed by atoms with van der Waals surface area (Å²) in [5, 5.41) is 2.93. The van der Waals surface area contributed by atoms with E-state index in [4.69, 9.17) is 0 Å². The Balaban J connectivity index is 1.83. The standard InChI is InChI=1S/C16H17BrN2O/c1-19(15-8-3-2-4-9-15)11-10-18-16(20)13-6-5-7-14(17)12-13/h2-9,12H,10-11H2,1H3,(H,18,20). The van der Waals surface area contributed by atoms with Crippen LogP contribution in [0.25, 0.3) is 0 Å². The molecule has 104 valence electrons. The van der Waals surface area contributed by atoms with Crippen molar-refractivity contribution in [3.63, 3.8) is 0 Å². The quantitative estimate of drug-likeness (QED) is 0.910. The van der Waals surface area contributed by atoms with Crippen LogP contribution in [0.3, 0.4) is 0 Å². The highest BCUT2D eigenvalue weighted by Gasteiger charge is 2.06. The Hall–Kier alpha value is -1.81. The van der Waals surface area contributed by atoms with E-state index in [1.807, 2.05) is 43.4 Å². The van der Waals surface area contributed by atoms with Gasteiger partial charge in [0.25, 0.3) is 5.91 Å². The highest BCUT2D eigenvalue weighted by Crippen LogP contribution is 2.12. The largest absolute Gasteiger partial charge is 0.373 e. The Morgan fingerprint density at radius 1 is 1.15 bits per heavy atom. The molecule has 4 heteroatoms. The van der Waals surface area contributed by atoms with E-state index in [1.165, 1.54) is 0 Å². The van der Waals surface area contributed by atoms with Crippen LogP contribution in [0.2, 0.25) is 0 Å². The predicted molar refractivity (Wildman–Crippen MR) is 86.2 cm³/mol. The van der Waals surface area contributed by atoms with Crippen LogP contribution in [0.1, 0.15) is 10.4 Å². The van der Waals surface area contributed by atoms with Gasteiger partial charge in [-0.2, -0.15) is 0 Å². The maximum absolute atomic E-state index is 12.0. The van der Waals surface area contributed by atoms with Crippen LogP contribution in [0.4, 0.5) is 5.69 Å². The van der Waals surface area contributed by atoms with Crippen molar-refractivity contribution in [2.24, 2.45) is 0 Å². The Morgan fingerprint density at radius 3 is 2.60 bits per heavy atom. The van der Waals surface area contributed by atoms with Gasteiger partial charge in [0.1, 0.15) is 0 Å². The summed E-state index contributed by atoms with van der Waals surface area (Å²) in [5.74, 6) is -0.0484. The van der Waals surface area contributed by atoms with E-state index in [-0.39, 0.29) is 5.91 Å². The average molecular weight is 333 g/mol. The van der Waals surface area contributed by atoms with E-state index in [2.05, 4.69) is 38.3 Å². The Kier molecular flexibility index (Phi) is 5.18. The van der Waals surface area contributed by atoms with Gasteiger partial charge in [0.05, 0.1) is 0 Å². The SMILES string of the molecule is CN(CCNC(=O)c1cccc(Br)c1)c1ccccc1. The number of likely N-dealkylation sites (N-methyl/N-ethyl adjacent to an activating group) is 1. The molecule has 0 fully saturated rings. The molecule has 0 aliphatic carbocycles. The number of para-hydroxylation sites is 1. The number of amides is 1. The van der Waals surface area contributed by atoms with Gasteiger partial charge in [0, 0.05) is 35.9 Å². The Labute approximate surface area is 127 Å². The van der Waals surface area contributed by atoms with E-state index in [0.29, 0.717) is 12.1 Å². The van der Waals surface area contributed by atoms with Crippen LogP contribution in [0.5, 0.6) is 0 Å². The van der Waals surface area contributed by atoms with Crippen molar-refractivity contribution in [3.8, 4) is 0 Å². The van der Waals surface area contributed by atoms with E-state index in [1.54, 1.807) is 6.07 Å². The first kappa shape index (κ1) is 14.6. The molecule has 0 saturated heterocycles. The van der Waals surface area contributed by atoms with Gasteiger partial charge >= 0.3 is 0 Å². The van der Waals surface area contributed by atoms with Crippen molar-refractivity contribution in [3.05, 3.63) is 64.6 Å². The van der Waals surface area contributed by atoms with Crippen LogP contribution in [0, 0.1) is 0 Å². The molecule has 2 rings (SSSR count). The lowest BCUT2D eigenvalue weighted by Crippen LogP contribution is -2.32. The van der Waals surface area contributed by atoms with Crippen LogP contribution < -0.4 is 10.2 Å². The maximum Gasteiger partial charge on any atom is 0.251 e. The summed E-state index contributed by atoms with van der Waals surface area (Å²) in [5.41, 5.74) is 1.81. The van der Waals surface area contributed by atoms with E-state index < -0.39 is 0 Å². The summed E-state index contributed by atoms with van der Waals surface area (Å²) in [7, 11) is 2.01. The number of nitrogens with one attached hydrogen (secondary N) is 1. The normalized spacial score (nSPS) is 10.1. The first-order chi connectivity index (χ1) is 9.66. The fourth-order valence-corrected chi connectivity index (χ4v) is 2.28. The molecule has 3 nitrogen and oxygen atoms in total. The lowest BCUT2D eigenvalue weighted by Gasteiger charge is -2.19. The molecule has 0 spiro atoms. The number of carbonyl (C=O) groups is 1. The molecule has 20 heavy (non-hydrogen) atoms. The van der Waals surface area contributed by atoms with Crippen LogP contribution in [-0.4, -0.2) is 26.0 Å². The fraction of sp³-hybridized carbons (Fsp3) is 0.188. The van der Waals surface area contributed by atoms with Gasteiger partial charge in [-0.15, -0.1) is 0 Å². The first-order valence-corrected chi connectivity index (χ1v) is 7.26. The van der Waals surface area contributed by atoms with Crippen LogP contribution in [-0.2, 0) is 0 Å². The molecule has 2 aromatic carbocycles. The monoisotopic (exact) mass is 332 g/mol. The third-order valence-corrected chi connectivity index (χ3v) is 3.51. The molecule has 0 heterocycles. The van der Waals surface area contributed by atoms with Gasteiger partial charge < -0.3 is 10.2 Å². The zero-order valence-corrected chi connectivity index (χ0v) is 12.9. The number of benzene rings is 2. The van der Waals surface area contributed by atoms with Crippen molar-refractivity contribution in [2.45, 2.75) is 0 Å². The number of hydrogen-bond donors (Lipinski definition) is 1. The number of nitrogens with zero attached hydrogens (tertiary/aromatic N) is 1. The molecule has 1 N–H and O–H groups in total. The second-order valence-electron chi connectivity index (χ2n) is 4.52. The molecule has 1 amide bonds. The van der Waals surface area contributed by atoms with Crippen LogP contribution >= 0.6 is 15.9 Å². The van der Waals surface area contributed by atoms with Crippen molar-refractivity contribution in [1.29, 1.82) is 0 Å². The highest BCUT2D eigenvalue weighted by molar-refractivity contribution is 9.10. The number of rotatable bonds is 5. The maximum atomic E-state index is 12.0. The summed E-state index contributed by atoms with van der Waals surface area (Å²) < 4.78 is 0.909. The molecule has 0 aliphatic rings. The summed E-state index contributed by atoms with van der Waals surface area (Å²) in [6.07, 6.45) is 0. The van der Waals surface area contributed by atoms with Gasteiger partial charge in [-0.05, 0) is 30.3 Å². The summed E-state index contributed by atoms with van der Waals surface area (Å²) in [4.78, 5) is 14.1. The second kappa shape index (κ2) is 7.10. The molecule has 0 aromatic heterocycles. The summed E-state index contributed by atoms with van der Waals surface area (Å²) in [6.45, 7) is 1.38. The van der Waals surface area contributed by atoms with Crippen molar-refractivity contribution in [1.82, 2.24) is 5.32 Å². The van der Waals surface area contributed by atoms with Crippen molar-refractivity contribution < 1.29 is 4.79 Å². The van der Waals surface area contributed by atoms with Gasteiger partial charge in [-0.1, -0.05) is 40.2 Å². The lowest BCUT2D eigenvalue weighted by molar-refractivity contribution is 0.0954. The lowest BCUT2D eigenvalue weighted by atomic mass is 10.2. The topological polar surface area (TPSA) is 32.3 Å². The minimum absolute atomic E-state index is 0.0484. The molecule has 2 aromatic rings. The predicted octanol–water partition coefficient (Wildman–Crippen LogP) is 3.32. The number of carbonyl (C=O) groups excluding carboxylic acids is 1. The second-order valence-corrected chi connectivity index (χ2v) is 5.44. The molecular weight excluding hydrogens is 316 g/mol. The minimum atomic E-state index is -0.0484. The van der Waals surface area contributed by atoms with Crippen molar-refractivity contribution in [2.75, 3.05) is 25.0 Å². The van der Waals surface area contributed by atoms with E-state index >= 15 is 0 Å². The molecule has 0 radical (unpaired) electrons. The average Bonchev–Trinajstić information content (AvgIpc) is 2.48. The summed E-state index contributed by atoms with van der Waals surface area (Å²) in [6, 6.07) is 17.5. The number of halogens is 1. The Bertz CT molecular complexity index is 572. The smallest absolute Gasteiger partial charge is 0.251 e. The molecular formula is C16H17BrN2O. The first-order valence-electron chi connectivity index (χ1n) is 6.47. The Morgan fingerprint density at radius 2 is 1.90 bits per heavy atom. The molecule has 0 atom stereocenters. The molecule has 0 unspecified atom stereocenters.